The monoisotopic (exact) mass is 418 g/mol. The van der Waals surface area contributed by atoms with Crippen molar-refractivity contribution in [3.63, 3.8) is 0 Å². The summed E-state index contributed by atoms with van der Waals surface area (Å²) in [5.74, 6) is 0. The molecule has 0 saturated heterocycles. The average Bonchev–Trinajstić information content (AvgIpc) is 3.06. The Morgan fingerprint density at radius 3 is 0.810 bits per heavy atom. The molecule has 0 N–H and O–H groups in total. The van der Waals surface area contributed by atoms with Gasteiger partial charge in [0.2, 0.25) is 0 Å². The molecule has 116 valence electrons. The number of hydrogen-bond acceptors (Lipinski definition) is 0. The third kappa shape index (κ3) is 12.5. The summed E-state index contributed by atoms with van der Waals surface area (Å²) in [6.45, 7) is 15.0. The summed E-state index contributed by atoms with van der Waals surface area (Å²) in [6, 6.07) is 0. The van der Waals surface area contributed by atoms with Crippen LogP contribution in [0.4, 0.5) is 0 Å². The van der Waals surface area contributed by atoms with Crippen LogP contribution in [-0.4, -0.2) is 21.1 Å². The summed E-state index contributed by atoms with van der Waals surface area (Å²) in [5.41, 5.74) is 0. The van der Waals surface area contributed by atoms with Crippen molar-refractivity contribution < 1.29 is 18.8 Å². The van der Waals surface area contributed by atoms with Crippen molar-refractivity contribution in [1.29, 1.82) is 0 Å². The second kappa shape index (κ2) is 11.9. The first-order valence-corrected chi connectivity index (χ1v) is 18.1. The molecule has 0 aliphatic heterocycles. The Bertz CT molecular complexity index is 222. The quantitative estimate of drug-likeness (QED) is 0.417. The topological polar surface area (TPSA) is 0 Å². The zero-order valence-corrected chi connectivity index (χ0v) is 19.1. The minimum Gasteiger partial charge on any atom is -0.0312 e. The van der Waals surface area contributed by atoms with E-state index in [0.717, 1.165) is 4.91 Å². The molecule has 21 heavy (non-hydrogen) atoms. The van der Waals surface area contributed by atoms with Crippen LogP contribution >= 0.6 is 6.21 Å². The Kier molecular flexibility index (Phi) is 12.7. The van der Waals surface area contributed by atoms with Gasteiger partial charge < -0.3 is 0 Å². The predicted octanol–water partition coefficient (Wildman–Crippen LogP) is 5.56. The fraction of sp³-hybridized carbons (Fsp3) is 0.412. The first-order valence-electron chi connectivity index (χ1n) is 7.35. The van der Waals surface area contributed by atoms with Crippen LogP contribution in [0.25, 0.3) is 0 Å². The Hall–Kier alpha value is 1.42. The Balaban J connectivity index is 0.000000325. The van der Waals surface area contributed by atoms with E-state index in [4.69, 9.17) is 0 Å². The smallest absolute Gasteiger partial charge is 0.0312 e. The van der Waals surface area contributed by atoms with Crippen molar-refractivity contribution in [2.75, 3.05) is 0 Å². The Labute approximate surface area is 149 Å². The number of rotatable bonds is 3. The van der Waals surface area contributed by atoms with Crippen molar-refractivity contribution in [3.8, 4) is 0 Å². The fourth-order valence-corrected chi connectivity index (χ4v) is 29.2. The third-order valence-corrected chi connectivity index (χ3v) is 21.5. The molecule has 2 fully saturated rings. The molecule has 0 aromatic heterocycles. The van der Waals surface area contributed by atoms with Crippen molar-refractivity contribution in [2.45, 2.75) is 44.2 Å². The van der Waals surface area contributed by atoms with Gasteiger partial charge in [0, 0.05) is 0 Å². The second-order valence-electron chi connectivity index (χ2n) is 7.16. The molecule has 0 unspecified atom stereocenters. The molecule has 2 aliphatic rings. The summed E-state index contributed by atoms with van der Waals surface area (Å²) >= 11 is 2.27. The van der Waals surface area contributed by atoms with E-state index in [2.05, 4.69) is 58.1 Å². The molecule has 2 rings (SSSR count). The van der Waals surface area contributed by atoms with Crippen LogP contribution in [0.15, 0.2) is 0 Å². The minimum absolute atomic E-state index is 0.870. The Morgan fingerprint density at radius 1 is 0.571 bits per heavy atom. The van der Waals surface area contributed by atoms with E-state index in [1.54, 1.807) is 6.21 Å². The molecule has 2 aliphatic carbocycles. The van der Waals surface area contributed by atoms with E-state index in [1.807, 2.05) is 64.2 Å². The summed E-state index contributed by atoms with van der Waals surface area (Å²) in [6.07, 6.45) is 21.7. The molecule has 2 saturated carbocycles. The van der Waals surface area contributed by atoms with E-state index in [0.29, 0.717) is 0 Å². The van der Waals surface area contributed by atoms with Crippen LogP contribution in [-0.2, 0) is 18.8 Å². The van der Waals surface area contributed by atoms with Crippen molar-refractivity contribution >= 4 is 22.4 Å². The van der Waals surface area contributed by atoms with Gasteiger partial charge in [-0.3, -0.25) is 0 Å². The molecule has 0 spiro atoms. The van der Waals surface area contributed by atoms with Gasteiger partial charge in [0.15, 0.2) is 0 Å². The van der Waals surface area contributed by atoms with Gasteiger partial charge in [0.05, 0.1) is 0 Å². The maximum atomic E-state index is 2.51. The second-order valence-corrected chi connectivity index (χ2v) is 21.6. The van der Waals surface area contributed by atoms with Crippen LogP contribution < -0.4 is 0 Å². The SMILES string of the molecule is C[Si](C)(C)C([P]=[Mo])[Si](C)(C)C.[CH]1[CH][CH][CH][CH]1.[CH]1[CH][CH][CH][CH]1. The van der Waals surface area contributed by atoms with Crippen LogP contribution in [0, 0.1) is 64.2 Å². The molecule has 4 heteroatoms. The van der Waals surface area contributed by atoms with Gasteiger partial charge in [-0.2, -0.15) is 0 Å². The molecular weight excluding hydrogens is 387 g/mol. The zero-order valence-electron chi connectivity index (χ0n) is 14.2. The summed E-state index contributed by atoms with van der Waals surface area (Å²) in [7, 11) is -1.74. The van der Waals surface area contributed by atoms with Gasteiger partial charge in [-0.25, -0.2) is 0 Å². The Morgan fingerprint density at radius 2 is 0.762 bits per heavy atom. The molecule has 0 aromatic carbocycles. The third-order valence-electron chi connectivity index (χ3n) is 2.86. The van der Waals surface area contributed by atoms with Crippen LogP contribution in [0.1, 0.15) is 0 Å². The zero-order chi connectivity index (χ0) is 16.4. The first-order chi connectivity index (χ1) is 9.69. The van der Waals surface area contributed by atoms with Gasteiger partial charge in [0.1, 0.15) is 0 Å². The molecule has 0 atom stereocenters. The number of hydrogen-bond donors (Lipinski definition) is 0. The first kappa shape index (κ1) is 22.4. The van der Waals surface area contributed by atoms with Gasteiger partial charge in [-0.05, 0) is 64.2 Å². The summed E-state index contributed by atoms with van der Waals surface area (Å²) < 4.78 is 0. The predicted molar refractivity (Wildman–Crippen MR) is 100 cm³/mol. The molecule has 0 bridgehead atoms. The summed E-state index contributed by atoms with van der Waals surface area (Å²) in [5, 5.41) is 0. The van der Waals surface area contributed by atoms with E-state index in [9.17, 15) is 0 Å². The van der Waals surface area contributed by atoms with Crippen molar-refractivity contribution in [3.05, 3.63) is 64.2 Å². The molecule has 0 amide bonds. The maximum absolute atomic E-state index is 2.51. The van der Waals surface area contributed by atoms with E-state index < -0.39 is 16.1 Å². The van der Waals surface area contributed by atoms with Crippen molar-refractivity contribution in [2.24, 2.45) is 0 Å². The van der Waals surface area contributed by atoms with E-state index >= 15 is 0 Å². The van der Waals surface area contributed by atoms with E-state index in [1.165, 1.54) is 0 Å². The standard InChI is InChI=1S/C7H19PSi2.2C5H5.Mo/c1-9(2,3)7(8)10(4,5)6;2*1-2-4-5-3-1;/h7H,1-6H3;2*1-5H;. The van der Waals surface area contributed by atoms with Gasteiger partial charge in [-0.1, -0.05) is 0 Å². The van der Waals surface area contributed by atoms with Crippen LogP contribution in [0.2, 0.25) is 39.3 Å². The summed E-state index contributed by atoms with van der Waals surface area (Å²) in [4.78, 5) is 1.07. The largest absolute Gasteiger partial charge is 0.0312 e. The molecule has 0 nitrogen and oxygen atoms in total. The van der Waals surface area contributed by atoms with Gasteiger partial charge >= 0.3 is 85.4 Å². The molecule has 0 aromatic rings. The van der Waals surface area contributed by atoms with Gasteiger partial charge in [-0.15, -0.1) is 0 Å². The van der Waals surface area contributed by atoms with Crippen LogP contribution in [0.5, 0.6) is 0 Å². The molecule has 0 heterocycles. The van der Waals surface area contributed by atoms with Crippen LogP contribution in [0.3, 0.4) is 0 Å². The normalized spacial score (nSPS) is 19.0. The van der Waals surface area contributed by atoms with E-state index in [-0.39, 0.29) is 0 Å². The fourth-order valence-electron chi connectivity index (χ4n) is 2.26. The minimum atomic E-state index is -0.870. The molecule has 10 radical (unpaired) electrons. The maximum Gasteiger partial charge on any atom is -0.0312 e. The van der Waals surface area contributed by atoms with Gasteiger partial charge in [0.25, 0.3) is 0 Å². The average molecular weight is 417 g/mol. The molecular formula is C17H29MoPSi2. The van der Waals surface area contributed by atoms with Crippen molar-refractivity contribution in [1.82, 2.24) is 0 Å².